The van der Waals surface area contributed by atoms with Crippen molar-refractivity contribution in [3.8, 4) is 0 Å². The summed E-state index contributed by atoms with van der Waals surface area (Å²) in [5.74, 6) is -1.97. The van der Waals surface area contributed by atoms with Crippen LogP contribution < -0.4 is 5.73 Å². The van der Waals surface area contributed by atoms with Crippen LogP contribution >= 0.6 is 23.2 Å². The molecule has 0 aliphatic heterocycles. The van der Waals surface area contributed by atoms with Crippen LogP contribution in [0.25, 0.3) is 0 Å². The molecule has 0 aromatic heterocycles. The summed E-state index contributed by atoms with van der Waals surface area (Å²) in [5.41, 5.74) is 4.66. The van der Waals surface area contributed by atoms with E-state index in [-0.39, 0.29) is 15.6 Å². The van der Waals surface area contributed by atoms with Crippen molar-refractivity contribution in [1.29, 1.82) is 0 Å². The van der Waals surface area contributed by atoms with Gasteiger partial charge >= 0.3 is 5.97 Å². The first-order valence-corrected chi connectivity index (χ1v) is 4.88. The molecule has 0 spiro atoms. The number of nitrogens with two attached hydrogens (primary N) is 1. The highest BCUT2D eigenvalue weighted by molar-refractivity contribution is 6.44. The molecule has 16 heavy (non-hydrogen) atoms. The highest BCUT2D eigenvalue weighted by Gasteiger charge is 2.12. The monoisotopic (exact) mass is 259 g/mol. The van der Waals surface area contributed by atoms with Crippen molar-refractivity contribution in [1.82, 2.24) is 0 Å². The number of rotatable bonds is 3. The minimum Gasteiger partial charge on any atom is -0.477 e. The van der Waals surface area contributed by atoms with Gasteiger partial charge in [0.1, 0.15) is 5.70 Å². The zero-order valence-corrected chi connectivity index (χ0v) is 9.42. The van der Waals surface area contributed by atoms with E-state index in [2.05, 4.69) is 0 Å². The first-order valence-electron chi connectivity index (χ1n) is 4.12. The molecule has 0 heterocycles. The van der Waals surface area contributed by atoms with Crippen molar-refractivity contribution in [3.05, 3.63) is 45.6 Å². The van der Waals surface area contributed by atoms with Crippen LogP contribution in [0.15, 0.2) is 30.0 Å². The van der Waals surface area contributed by atoms with Gasteiger partial charge in [-0.3, -0.25) is 4.79 Å². The first-order chi connectivity index (χ1) is 7.43. The molecule has 0 fully saturated rings. The minimum absolute atomic E-state index is 0.0728. The fourth-order valence-corrected chi connectivity index (χ4v) is 1.37. The van der Waals surface area contributed by atoms with Crippen LogP contribution in [0.1, 0.15) is 10.4 Å². The lowest BCUT2D eigenvalue weighted by molar-refractivity contribution is -0.132. The molecule has 0 saturated heterocycles. The molecule has 1 rings (SSSR count). The molecule has 0 aliphatic rings. The minimum atomic E-state index is -1.37. The topological polar surface area (TPSA) is 80.4 Å². The number of carbonyl (C=O) groups is 2. The highest BCUT2D eigenvalue weighted by Crippen LogP contribution is 2.26. The first kappa shape index (κ1) is 12.5. The van der Waals surface area contributed by atoms with E-state index in [4.69, 9.17) is 34.0 Å². The van der Waals surface area contributed by atoms with Crippen LogP contribution in [-0.4, -0.2) is 16.9 Å². The number of carboxylic acids is 1. The predicted molar refractivity (Wildman–Crippen MR) is 60.7 cm³/mol. The molecule has 3 N–H and O–H groups in total. The van der Waals surface area contributed by atoms with Gasteiger partial charge in [0.25, 0.3) is 0 Å². The third-order valence-electron chi connectivity index (χ3n) is 1.75. The summed E-state index contributed by atoms with van der Waals surface area (Å²) in [6.45, 7) is 0. The number of carboxylic acid groups (broad SMARTS) is 1. The fraction of sp³-hybridized carbons (Fsp3) is 0. The molecule has 1 aromatic carbocycles. The Morgan fingerprint density at radius 1 is 1.31 bits per heavy atom. The van der Waals surface area contributed by atoms with E-state index in [0.29, 0.717) is 0 Å². The molecule has 4 nitrogen and oxygen atoms in total. The number of allylic oxidation sites excluding steroid dienone is 1. The van der Waals surface area contributed by atoms with Crippen LogP contribution in [0.4, 0.5) is 0 Å². The summed E-state index contributed by atoms with van der Waals surface area (Å²) in [6, 6.07) is 4.49. The van der Waals surface area contributed by atoms with Crippen LogP contribution in [-0.2, 0) is 4.79 Å². The van der Waals surface area contributed by atoms with Crippen molar-refractivity contribution in [2.75, 3.05) is 0 Å². The third-order valence-corrected chi connectivity index (χ3v) is 2.57. The molecule has 0 aliphatic carbocycles. The zero-order chi connectivity index (χ0) is 12.3. The molecule has 6 heteroatoms. The average molecular weight is 260 g/mol. The Balaban J connectivity index is 3.12. The Kier molecular flexibility index (Phi) is 3.93. The summed E-state index contributed by atoms with van der Waals surface area (Å²) in [4.78, 5) is 22.0. The summed E-state index contributed by atoms with van der Waals surface area (Å²) in [5, 5.41) is 8.79. The second kappa shape index (κ2) is 5.01. The highest BCUT2D eigenvalue weighted by atomic mass is 35.5. The maximum atomic E-state index is 11.6. The Bertz CT molecular complexity index is 483. The molecule has 84 valence electrons. The van der Waals surface area contributed by atoms with Crippen molar-refractivity contribution < 1.29 is 14.7 Å². The number of halogens is 2. The molecule has 0 atom stereocenters. The van der Waals surface area contributed by atoms with Gasteiger partial charge in [-0.05, 0) is 12.1 Å². The van der Waals surface area contributed by atoms with Crippen molar-refractivity contribution in [2.45, 2.75) is 0 Å². The standard InChI is InChI=1S/C10H7Cl2NO3/c11-6-3-1-2-5(9(6)12)8(14)4-7(13)10(15)16/h1-4H,13H2,(H,15,16)/b7-4+. The van der Waals surface area contributed by atoms with Gasteiger partial charge < -0.3 is 10.8 Å². The lowest BCUT2D eigenvalue weighted by atomic mass is 10.1. The Morgan fingerprint density at radius 2 is 1.94 bits per heavy atom. The third kappa shape index (κ3) is 2.74. The van der Waals surface area contributed by atoms with E-state index in [1.807, 2.05) is 0 Å². The van der Waals surface area contributed by atoms with Gasteiger partial charge in [-0.1, -0.05) is 29.3 Å². The maximum Gasteiger partial charge on any atom is 0.351 e. The predicted octanol–water partition coefficient (Wildman–Crippen LogP) is 2.10. The van der Waals surface area contributed by atoms with Gasteiger partial charge in [-0.25, -0.2) is 4.79 Å². The van der Waals surface area contributed by atoms with Crippen LogP contribution in [0.2, 0.25) is 10.0 Å². The maximum absolute atomic E-state index is 11.6. The average Bonchev–Trinajstić information content (AvgIpc) is 2.21. The van der Waals surface area contributed by atoms with Gasteiger partial charge in [0.15, 0.2) is 5.78 Å². The summed E-state index contributed by atoms with van der Waals surface area (Å²) in [7, 11) is 0. The van der Waals surface area contributed by atoms with Crippen LogP contribution in [0, 0.1) is 0 Å². The lowest BCUT2D eigenvalue weighted by Gasteiger charge is -2.01. The Labute approximate surface area is 101 Å². The quantitative estimate of drug-likeness (QED) is 0.644. The van der Waals surface area contributed by atoms with Gasteiger partial charge in [0.05, 0.1) is 10.0 Å². The van der Waals surface area contributed by atoms with Crippen LogP contribution in [0.3, 0.4) is 0 Å². The number of hydrogen-bond donors (Lipinski definition) is 2. The van der Waals surface area contributed by atoms with Gasteiger partial charge in [-0.2, -0.15) is 0 Å². The summed E-state index contributed by atoms with van der Waals surface area (Å²) < 4.78 is 0. The molecular formula is C10H7Cl2NO3. The number of hydrogen-bond acceptors (Lipinski definition) is 3. The number of aliphatic carboxylic acids is 1. The number of carbonyl (C=O) groups excluding carboxylic acids is 1. The van der Waals surface area contributed by atoms with Gasteiger partial charge in [0.2, 0.25) is 0 Å². The van der Waals surface area contributed by atoms with E-state index in [9.17, 15) is 9.59 Å². The van der Waals surface area contributed by atoms with E-state index in [0.717, 1.165) is 6.08 Å². The van der Waals surface area contributed by atoms with E-state index < -0.39 is 17.4 Å². The van der Waals surface area contributed by atoms with Crippen molar-refractivity contribution in [2.24, 2.45) is 5.73 Å². The van der Waals surface area contributed by atoms with Gasteiger partial charge in [0, 0.05) is 11.6 Å². The van der Waals surface area contributed by atoms with Crippen molar-refractivity contribution >= 4 is 35.0 Å². The SMILES string of the molecule is N/C(=C/C(=O)c1cccc(Cl)c1Cl)C(=O)O. The molecule has 1 aromatic rings. The molecule has 0 bridgehead atoms. The fourth-order valence-electron chi connectivity index (χ4n) is 0.975. The van der Waals surface area contributed by atoms with E-state index in [1.165, 1.54) is 18.2 Å². The van der Waals surface area contributed by atoms with E-state index in [1.54, 1.807) is 0 Å². The van der Waals surface area contributed by atoms with Crippen LogP contribution in [0.5, 0.6) is 0 Å². The van der Waals surface area contributed by atoms with E-state index >= 15 is 0 Å². The molecule has 0 amide bonds. The molecule has 0 radical (unpaired) electrons. The largest absolute Gasteiger partial charge is 0.477 e. The second-order valence-electron chi connectivity index (χ2n) is 2.87. The summed E-state index contributed by atoms with van der Waals surface area (Å²) in [6.07, 6.45) is 0.792. The molecule has 0 unspecified atom stereocenters. The van der Waals surface area contributed by atoms with Crippen molar-refractivity contribution in [3.63, 3.8) is 0 Å². The smallest absolute Gasteiger partial charge is 0.351 e. The number of benzene rings is 1. The molecular weight excluding hydrogens is 253 g/mol. The Morgan fingerprint density at radius 3 is 2.50 bits per heavy atom. The Hall–Kier alpha value is -1.52. The van der Waals surface area contributed by atoms with Gasteiger partial charge in [-0.15, -0.1) is 0 Å². The molecule has 0 saturated carbocycles. The zero-order valence-electron chi connectivity index (χ0n) is 7.91. The number of ketones is 1. The lowest BCUT2D eigenvalue weighted by Crippen LogP contribution is -2.12. The normalized spacial score (nSPS) is 11.2. The second-order valence-corrected chi connectivity index (χ2v) is 3.66. The summed E-state index contributed by atoms with van der Waals surface area (Å²) >= 11 is 11.5.